The van der Waals surface area contributed by atoms with E-state index in [1.165, 1.54) is 57.4 Å². The lowest BCUT2D eigenvalue weighted by Gasteiger charge is -2.17. The second-order valence-electron chi connectivity index (χ2n) is 5.71. The lowest BCUT2D eigenvalue weighted by Crippen LogP contribution is -2.21. The van der Waals surface area contributed by atoms with E-state index in [1.54, 1.807) is 0 Å². The highest BCUT2D eigenvalue weighted by atomic mass is 28.3. The van der Waals surface area contributed by atoms with E-state index in [-0.39, 0.29) is 0 Å². The zero-order valence-electron chi connectivity index (χ0n) is 12.0. The average Bonchev–Trinajstić information content (AvgIpc) is 2.22. The van der Waals surface area contributed by atoms with Crippen LogP contribution in [0.5, 0.6) is 0 Å². The molecule has 0 amide bonds. The van der Waals surface area contributed by atoms with Crippen molar-refractivity contribution in [3.05, 3.63) is 11.8 Å². The van der Waals surface area contributed by atoms with Crippen molar-refractivity contribution >= 4 is 8.07 Å². The largest absolute Gasteiger partial charge is 0.0989 e. The first-order valence-corrected chi connectivity index (χ1v) is 10.5. The minimum Gasteiger partial charge on any atom is -0.0989 e. The standard InChI is InChI=1S/C15H32Si/c1-5-7-8-9-10-11-12-13-15-16(3,4)14-6-2/h6,14H,5,7-13,15H2,1-4H3. The van der Waals surface area contributed by atoms with Crippen molar-refractivity contribution in [3.8, 4) is 0 Å². The zero-order valence-corrected chi connectivity index (χ0v) is 13.0. The van der Waals surface area contributed by atoms with Gasteiger partial charge in [0, 0.05) is 0 Å². The molecule has 0 saturated heterocycles. The van der Waals surface area contributed by atoms with Crippen molar-refractivity contribution < 1.29 is 0 Å². The summed E-state index contributed by atoms with van der Waals surface area (Å²) in [6.45, 7) is 9.40. The summed E-state index contributed by atoms with van der Waals surface area (Å²) in [5, 5.41) is 0. The minimum absolute atomic E-state index is 0.965. The number of rotatable bonds is 10. The maximum Gasteiger partial charge on any atom is 0.0713 e. The summed E-state index contributed by atoms with van der Waals surface area (Å²) < 4.78 is 0. The molecule has 0 aliphatic carbocycles. The van der Waals surface area contributed by atoms with Crippen LogP contribution in [0.15, 0.2) is 11.8 Å². The monoisotopic (exact) mass is 240 g/mol. The maximum absolute atomic E-state index is 2.48. The third-order valence-corrected chi connectivity index (χ3v) is 6.17. The van der Waals surface area contributed by atoms with Gasteiger partial charge in [0.15, 0.2) is 0 Å². The second kappa shape index (κ2) is 10.1. The van der Waals surface area contributed by atoms with E-state index in [4.69, 9.17) is 0 Å². The summed E-state index contributed by atoms with van der Waals surface area (Å²) >= 11 is 0. The Kier molecular flexibility index (Phi) is 10.1. The molecule has 96 valence electrons. The maximum atomic E-state index is 2.48. The van der Waals surface area contributed by atoms with Crippen molar-refractivity contribution in [3.63, 3.8) is 0 Å². The Labute approximate surface area is 105 Å². The zero-order chi connectivity index (χ0) is 12.3. The molecule has 0 heterocycles. The lowest BCUT2D eigenvalue weighted by molar-refractivity contribution is 0.584. The molecule has 0 aliphatic heterocycles. The SMILES string of the molecule is CC=C[Si](C)(C)CCCCCCCCCC. The molecule has 0 atom stereocenters. The molecule has 0 fully saturated rings. The van der Waals surface area contributed by atoms with Crippen LogP contribution in [0.2, 0.25) is 19.1 Å². The Balaban J connectivity index is 3.27. The fourth-order valence-corrected chi connectivity index (χ4v) is 4.48. The first kappa shape index (κ1) is 16.0. The van der Waals surface area contributed by atoms with Gasteiger partial charge in [-0.05, 0) is 6.92 Å². The van der Waals surface area contributed by atoms with E-state index < -0.39 is 8.07 Å². The van der Waals surface area contributed by atoms with Gasteiger partial charge in [-0.3, -0.25) is 0 Å². The Morgan fingerprint density at radius 3 is 1.81 bits per heavy atom. The molecule has 0 spiro atoms. The van der Waals surface area contributed by atoms with Gasteiger partial charge in [-0.25, -0.2) is 0 Å². The Hall–Kier alpha value is -0.0431. The van der Waals surface area contributed by atoms with Crippen LogP contribution in [-0.2, 0) is 0 Å². The molecule has 1 heteroatoms. The first-order chi connectivity index (χ1) is 7.62. The van der Waals surface area contributed by atoms with Crippen molar-refractivity contribution in [2.75, 3.05) is 0 Å². The van der Waals surface area contributed by atoms with Crippen LogP contribution >= 0.6 is 0 Å². The van der Waals surface area contributed by atoms with Gasteiger partial charge >= 0.3 is 0 Å². The smallest absolute Gasteiger partial charge is 0.0713 e. The highest BCUT2D eigenvalue weighted by Gasteiger charge is 2.14. The van der Waals surface area contributed by atoms with Crippen LogP contribution < -0.4 is 0 Å². The molecule has 0 aromatic carbocycles. The van der Waals surface area contributed by atoms with Crippen molar-refractivity contribution in [1.82, 2.24) is 0 Å². The fourth-order valence-electron chi connectivity index (χ4n) is 2.25. The van der Waals surface area contributed by atoms with Crippen molar-refractivity contribution in [1.29, 1.82) is 0 Å². The van der Waals surface area contributed by atoms with Crippen LogP contribution in [-0.4, -0.2) is 8.07 Å². The molecular formula is C15H32Si. The molecule has 0 aromatic rings. The summed E-state index contributed by atoms with van der Waals surface area (Å²) in [7, 11) is -0.965. The van der Waals surface area contributed by atoms with Gasteiger partial charge in [-0.1, -0.05) is 89.2 Å². The third kappa shape index (κ3) is 10.5. The van der Waals surface area contributed by atoms with E-state index in [2.05, 4.69) is 38.7 Å². The number of allylic oxidation sites excluding steroid dienone is 1. The summed E-state index contributed by atoms with van der Waals surface area (Å²) in [5.74, 6) is 0. The van der Waals surface area contributed by atoms with Crippen LogP contribution in [0.3, 0.4) is 0 Å². The van der Waals surface area contributed by atoms with Gasteiger partial charge in [-0.2, -0.15) is 0 Å². The molecule has 0 rings (SSSR count). The van der Waals surface area contributed by atoms with Crippen LogP contribution in [0.4, 0.5) is 0 Å². The molecule has 0 saturated carbocycles. The predicted molar refractivity (Wildman–Crippen MR) is 79.7 cm³/mol. The quantitative estimate of drug-likeness (QED) is 0.327. The van der Waals surface area contributed by atoms with Gasteiger partial charge < -0.3 is 0 Å². The molecule has 0 N–H and O–H groups in total. The number of hydrogen-bond acceptors (Lipinski definition) is 0. The van der Waals surface area contributed by atoms with Gasteiger partial charge in [0.05, 0.1) is 8.07 Å². The van der Waals surface area contributed by atoms with E-state index in [0.29, 0.717) is 0 Å². The van der Waals surface area contributed by atoms with Gasteiger partial charge in [0.25, 0.3) is 0 Å². The topological polar surface area (TPSA) is 0 Å². The summed E-state index contributed by atoms with van der Waals surface area (Å²) in [6, 6.07) is 1.48. The van der Waals surface area contributed by atoms with E-state index in [0.717, 1.165) is 0 Å². The molecule has 0 unspecified atom stereocenters. The van der Waals surface area contributed by atoms with Crippen molar-refractivity contribution in [2.45, 2.75) is 84.4 Å². The van der Waals surface area contributed by atoms with Gasteiger partial charge in [-0.15, -0.1) is 0 Å². The Morgan fingerprint density at radius 1 is 0.812 bits per heavy atom. The Bertz CT molecular complexity index is 170. The van der Waals surface area contributed by atoms with Crippen molar-refractivity contribution in [2.24, 2.45) is 0 Å². The van der Waals surface area contributed by atoms with Crippen LogP contribution in [0.25, 0.3) is 0 Å². The molecule has 0 nitrogen and oxygen atoms in total. The lowest BCUT2D eigenvalue weighted by atomic mass is 10.1. The second-order valence-corrected chi connectivity index (χ2v) is 10.5. The number of hydrogen-bond donors (Lipinski definition) is 0. The fraction of sp³-hybridized carbons (Fsp3) is 0.867. The highest BCUT2D eigenvalue weighted by molar-refractivity contribution is 6.82. The van der Waals surface area contributed by atoms with Gasteiger partial charge in [0.2, 0.25) is 0 Å². The minimum atomic E-state index is -0.965. The first-order valence-electron chi connectivity index (χ1n) is 7.26. The molecule has 0 aromatic heterocycles. The van der Waals surface area contributed by atoms with E-state index in [1.807, 2.05) is 0 Å². The van der Waals surface area contributed by atoms with Crippen LogP contribution in [0, 0.1) is 0 Å². The summed E-state index contributed by atoms with van der Waals surface area (Å²) in [5.41, 5.74) is 2.48. The number of unbranched alkanes of at least 4 members (excludes halogenated alkanes) is 7. The molecule has 16 heavy (non-hydrogen) atoms. The Morgan fingerprint density at radius 2 is 1.31 bits per heavy atom. The normalized spacial score (nSPS) is 12.5. The van der Waals surface area contributed by atoms with E-state index >= 15 is 0 Å². The summed E-state index contributed by atoms with van der Waals surface area (Å²) in [6.07, 6.45) is 13.8. The summed E-state index contributed by atoms with van der Waals surface area (Å²) in [4.78, 5) is 0. The molecular weight excluding hydrogens is 208 g/mol. The molecule has 0 radical (unpaired) electrons. The average molecular weight is 241 g/mol. The van der Waals surface area contributed by atoms with Gasteiger partial charge in [0.1, 0.15) is 0 Å². The third-order valence-electron chi connectivity index (χ3n) is 3.29. The molecule has 0 aliphatic rings. The van der Waals surface area contributed by atoms with E-state index in [9.17, 15) is 0 Å². The highest BCUT2D eigenvalue weighted by Crippen LogP contribution is 2.17. The predicted octanol–water partition coefficient (Wildman–Crippen LogP) is 5.95. The molecule has 0 bridgehead atoms. The van der Waals surface area contributed by atoms with Crippen LogP contribution in [0.1, 0.15) is 65.2 Å².